The Morgan fingerprint density at radius 1 is 0.275 bits per heavy atom. The van der Waals surface area contributed by atoms with Crippen molar-refractivity contribution < 1.29 is 0 Å². The van der Waals surface area contributed by atoms with E-state index in [4.69, 9.17) is 0 Å². The second-order valence-corrected chi connectivity index (χ2v) is 21.9. The van der Waals surface area contributed by atoms with Gasteiger partial charge in [0.15, 0.2) is 0 Å². The maximum absolute atomic E-state index is 11.2. The number of hydrogen-bond donors (Lipinski definition) is 0. The summed E-state index contributed by atoms with van der Waals surface area (Å²) in [6.45, 7) is 2.01. The second kappa shape index (κ2) is 22.5. The summed E-state index contributed by atoms with van der Waals surface area (Å²) in [5.41, 5.74) is 18.6. The van der Waals surface area contributed by atoms with Gasteiger partial charge in [0.05, 0.1) is 127 Å². The minimum absolute atomic E-state index is 0.260. The molecule has 0 aliphatic carbocycles. The lowest BCUT2D eigenvalue weighted by atomic mass is 9.88. The molecule has 91 heavy (non-hydrogen) atoms. The Labute approximate surface area is 521 Å². The van der Waals surface area contributed by atoms with Crippen LogP contribution in [0.1, 0.15) is 50.1 Å². The maximum Gasteiger partial charge on any atom is 0.0998 e. The molecule has 0 saturated heterocycles. The van der Waals surface area contributed by atoms with Gasteiger partial charge in [0.1, 0.15) is 0 Å². The number of fused-ring (bicyclic) bond motifs is 6. The molecular weight excluding hydrogens is 1120 g/mol. The van der Waals surface area contributed by atoms with Gasteiger partial charge in [0, 0.05) is 63.0 Å². The Balaban J connectivity index is 1.03. The lowest BCUT2D eigenvalue weighted by Gasteiger charge is -2.18. The molecule has 0 radical (unpaired) electrons. The largest absolute Gasteiger partial charge is 0.309 e. The fourth-order valence-corrected chi connectivity index (χ4v) is 12.8. The smallest absolute Gasteiger partial charge is 0.0998 e. The average Bonchev–Trinajstić information content (AvgIpc) is 2.04. The van der Waals surface area contributed by atoms with E-state index in [1.807, 2.05) is 153 Å². The van der Waals surface area contributed by atoms with Gasteiger partial charge in [-0.1, -0.05) is 66.7 Å². The molecule has 4 aromatic heterocycles. The van der Waals surface area contributed by atoms with Gasteiger partial charge < -0.3 is 9.13 Å². The van der Waals surface area contributed by atoms with E-state index in [1.165, 1.54) is 0 Å². The molecule has 14 aromatic rings. The summed E-state index contributed by atoms with van der Waals surface area (Å²) in [7, 11) is 0. The van der Waals surface area contributed by atoms with Crippen LogP contribution in [-0.4, -0.2) is 19.1 Å². The zero-order valence-electron chi connectivity index (χ0n) is 48.2. The van der Waals surface area contributed by atoms with E-state index in [9.17, 15) is 42.1 Å². The molecule has 0 aliphatic rings. The number of benzene rings is 10. The fourth-order valence-electron chi connectivity index (χ4n) is 12.8. The molecule has 0 amide bonds. The predicted octanol–water partition coefficient (Wildman–Crippen LogP) is 17.6. The first-order chi connectivity index (χ1) is 44.6. The predicted molar refractivity (Wildman–Crippen MR) is 351 cm³/mol. The Kier molecular flexibility index (Phi) is 13.6. The molecule has 416 valence electrons. The summed E-state index contributed by atoms with van der Waals surface area (Å²) in [4.78, 5) is 8.45. The first-order valence-corrected chi connectivity index (χ1v) is 28.7. The minimum Gasteiger partial charge on any atom is -0.309 e. The monoisotopic (exact) mass is 1160 g/mol. The van der Waals surface area contributed by atoms with Crippen LogP contribution in [0.2, 0.25) is 0 Å². The molecule has 0 spiro atoms. The highest BCUT2D eigenvalue weighted by Crippen LogP contribution is 2.46. The molecule has 0 fully saturated rings. The van der Waals surface area contributed by atoms with Crippen molar-refractivity contribution in [2.75, 3.05) is 0 Å². The standard InChI is InChI=1S/C79H40N12/c1-47-27-65(52-19-23-88-24-20-52)60(44-85)36-77(47)90-73-15-9-54(63-13-7-48(39-80)28-58(63)42-83)33-70(73)72-35-57(12-18-74(72)90)79-62(46-87)30-50(41-82)31-68(79)56-11-17-76-71(34-56)69-32-55(64-14-8-49(40-81)29-59(64)43-84)10-16-75(69)91(76)78-37-61(45-86)66(53-21-25-89-26-22-53)38-67(78)51-5-3-2-4-6-51/h2-38H,1H3. The van der Waals surface area contributed by atoms with E-state index >= 15 is 0 Å². The third-order valence-electron chi connectivity index (χ3n) is 16.9. The van der Waals surface area contributed by atoms with Crippen molar-refractivity contribution in [1.29, 1.82) is 42.1 Å². The molecule has 14 rings (SSSR count). The van der Waals surface area contributed by atoms with Gasteiger partial charge in [-0.25, -0.2) is 0 Å². The Bertz CT molecular complexity index is 5820. The summed E-state index contributed by atoms with van der Waals surface area (Å²) in [6, 6.07) is 81.6. The molecule has 12 heteroatoms. The van der Waals surface area contributed by atoms with Crippen LogP contribution in [0, 0.1) is 97.6 Å². The van der Waals surface area contributed by atoms with Gasteiger partial charge in [-0.15, -0.1) is 0 Å². The molecule has 0 aliphatic heterocycles. The van der Waals surface area contributed by atoms with Crippen LogP contribution >= 0.6 is 0 Å². The first-order valence-electron chi connectivity index (χ1n) is 28.7. The summed E-state index contributed by atoms with van der Waals surface area (Å²) < 4.78 is 4.28. The van der Waals surface area contributed by atoms with Crippen LogP contribution in [0.5, 0.6) is 0 Å². The van der Waals surface area contributed by atoms with E-state index < -0.39 is 0 Å². The van der Waals surface area contributed by atoms with Crippen molar-refractivity contribution in [3.63, 3.8) is 0 Å². The number of pyridine rings is 2. The van der Waals surface area contributed by atoms with Crippen LogP contribution < -0.4 is 0 Å². The number of nitriles is 8. The van der Waals surface area contributed by atoms with Crippen molar-refractivity contribution in [1.82, 2.24) is 19.1 Å². The van der Waals surface area contributed by atoms with Gasteiger partial charge in [-0.3, -0.25) is 9.97 Å². The van der Waals surface area contributed by atoms with E-state index in [0.29, 0.717) is 66.8 Å². The van der Waals surface area contributed by atoms with Crippen LogP contribution in [0.15, 0.2) is 225 Å². The van der Waals surface area contributed by atoms with Gasteiger partial charge in [-0.2, -0.15) is 42.1 Å². The third kappa shape index (κ3) is 9.27. The molecule has 0 saturated carbocycles. The topological polar surface area (TPSA) is 226 Å². The molecule has 10 aromatic carbocycles. The van der Waals surface area contributed by atoms with Gasteiger partial charge in [0.2, 0.25) is 0 Å². The van der Waals surface area contributed by atoms with Crippen molar-refractivity contribution in [2.45, 2.75) is 6.92 Å². The molecule has 4 heterocycles. The van der Waals surface area contributed by atoms with Crippen LogP contribution in [0.4, 0.5) is 0 Å². The average molecular weight is 1160 g/mol. The summed E-state index contributed by atoms with van der Waals surface area (Å²) in [5.74, 6) is 0. The van der Waals surface area contributed by atoms with Crippen molar-refractivity contribution in [3.8, 4) is 138 Å². The number of aromatic nitrogens is 4. The highest BCUT2D eigenvalue weighted by Gasteiger charge is 2.25. The lowest BCUT2D eigenvalue weighted by molar-refractivity contribution is 1.15. The van der Waals surface area contributed by atoms with E-state index in [-0.39, 0.29) is 11.1 Å². The zero-order valence-corrected chi connectivity index (χ0v) is 48.2. The maximum atomic E-state index is 11.2. The summed E-state index contributed by atoms with van der Waals surface area (Å²) >= 11 is 0. The van der Waals surface area contributed by atoms with E-state index in [0.717, 1.165) is 105 Å². The molecule has 0 unspecified atom stereocenters. The Morgan fingerprint density at radius 3 is 1.14 bits per heavy atom. The molecule has 12 nitrogen and oxygen atoms in total. The molecular formula is C79H40N12. The number of hydrogen-bond acceptors (Lipinski definition) is 10. The number of rotatable bonds is 9. The molecule has 0 bridgehead atoms. The van der Waals surface area contributed by atoms with Crippen molar-refractivity contribution >= 4 is 43.6 Å². The molecule has 0 N–H and O–H groups in total. The summed E-state index contributed by atoms with van der Waals surface area (Å²) in [5, 5.41) is 87.2. The van der Waals surface area contributed by atoms with Crippen LogP contribution in [-0.2, 0) is 0 Å². The quantitative estimate of drug-likeness (QED) is 0.133. The van der Waals surface area contributed by atoms with Crippen LogP contribution in [0.3, 0.4) is 0 Å². The zero-order chi connectivity index (χ0) is 62.4. The summed E-state index contributed by atoms with van der Waals surface area (Å²) in [6.07, 6.45) is 6.80. The fraction of sp³-hybridized carbons (Fsp3) is 0.0127. The van der Waals surface area contributed by atoms with Crippen molar-refractivity contribution in [3.05, 3.63) is 275 Å². The minimum atomic E-state index is 0.260. The van der Waals surface area contributed by atoms with Crippen molar-refractivity contribution in [2.24, 2.45) is 0 Å². The Hall–Kier alpha value is -14.0. The van der Waals surface area contributed by atoms with Gasteiger partial charge in [-0.05, 0) is 207 Å². The number of nitrogens with zero attached hydrogens (tertiary/aromatic N) is 12. The Morgan fingerprint density at radius 2 is 0.670 bits per heavy atom. The number of aryl methyl sites for hydroxylation is 1. The normalized spacial score (nSPS) is 10.8. The first kappa shape index (κ1) is 54.9. The highest BCUT2D eigenvalue weighted by atomic mass is 15.0. The van der Waals surface area contributed by atoms with E-state index in [2.05, 4.69) is 73.7 Å². The molecule has 0 atom stereocenters. The highest BCUT2D eigenvalue weighted by molar-refractivity contribution is 6.15. The third-order valence-corrected chi connectivity index (χ3v) is 16.9. The lowest BCUT2D eigenvalue weighted by Crippen LogP contribution is -2.00. The second-order valence-electron chi connectivity index (χ2n) is 21.9. The van der Waals surface area contributed by atoms with Crippen LogP contribution in [0.25, 0.3) is 133 Å². The SMILES string of the molecule is Cc1cc(-c2ccncc2)c(C#N)cc1-n1c2ccc(-c3ccc(C#N)cc3C#N)cc2c2cc(-c3c(C#N)cc(C#N)cc3-c3ccc4c(c3)c3cc(-c5ccc(C#N)cc5C#N)ccc3n4-c3cc(C#N)c(-c4ccncc4)cc3-c3ccccc3)ccc21. The van der Waals surface area contributed by atoms with Gasteiger partial charge >= 0.3 is 0 Å². The van der Waals surface area contributed by atoms with E-state index in [1.54, 1.807) is 73.3 Å². The van der Waals surface area contributed by atoms with Gasteiger partial charge in [0.25, 0.3) is 0 Å².